The van der Waals surface area contributed by atoms with E-state index in [9.17, 15) is 9.18 Å². The fourth-order valence-electron chi connectivity index (χ4n) is 2.11. The number of thiophene rings is 1. The largest absolute Gasteiger partial charge is 0.321 e. The molecule has 2 nitrogen and oxygen atoms in total. The number of carbonyl (C=O) groups is 1. The first kappa shape index (κ1) is 12.8. The molecule has 1 N–H and O–H groups in total. The van der Waals surface area contributed by atoms with Gasteiger partial charge in [0.05, 0.1) is 4.88 Å². The summed E-state index contributed by atoms with van der Waals surface area (Å²) in [5.41, 5.74) is 1.57. The number of hydrogen-bond acceptors (Lipinski definition) is 2. The average Bonchev–Trinajstić information content (AvgIpc) is 2.79. The zero-order valence-corrected chi connectivity index (χ0v) is 11.6. The van der Waals surface area contributed by atoms with Crippen LogP contribution < -0.4 is 5.32 Å². The Morgan fingerprint density at radius 2 is 1.80 bits per heavy atom. The molecule has 20 heavy (non-hydrogen) atoms. The highest BCUT2D eigenvalue weighted by molar-refractivity contribution is 7.21. The molecule has 1 amide bonds. The van der Waals surface area contributed by atoms with Crippen LogP contribution in [0, 0.1) is 12.7 Å². The van der Waals surface area contributed by atoms with Gasteiger partial charge in [-0.05, 0) is 48.2 Å². The Morgan fingerprint density at radius 3 is 2.50 bits per heavy atom. The number of hydrogen-bond donors (Lipinski definition) is 1. The van der Waals surface area contributed by atoms with Gasteiger partial charge in [0.25, 0.3) is 5.91 Å². The van der Waals surface area contributed by atoms with Crippen molar-refractivity contribution in [1.82, 2.24) is 0 Å². The number of carbonyl (C=O) groups excluding carboxylic acids is 1. The second-order valence-corrected chi connectivity index (χ2v) is 5.57. The summed E-state index contributed by atoms with van der Waals surface area (Å²) in [6.07, 6.45) is 0. The van der Waals surface area contributed by atoms with Gasteiger partial charge in [0.1, 0.15) is 5.82 Å². The molecule has 0 saturated carbocycles. The summed E-state index contributed by atoms with van der Waals surface area (Å²) in [5, 5.41) is 3.89. The second kappa shape index (κ2) is 5.06. The normalized spacial score (nSPS) is 10.7. The van der Waals surface area contributed by atoms with Crippen molar-refractivity contribution in [2.45, 2.75) is 6.92 Å². The quantitative estimate of drug-likeness (QED) is 0.732. The van der Waals surface area contributed by atoms with Gasteiger partial charge in [0.15, 0.2) is 0 Å². The first-order valence-electron chi connectivity index (χ1n) is 6.20. The Bertz CT molecular complexity index is 777. The summed E-state index contributed by atoms with van der Waals surface area (Å²) in [6.45, 7) is 1.94. The molecule has 0 fully saturated rings. The van der Waals surface area contributed by atoms with Crippen molar-refractivity contribution in [2.75, 3.05) is 5.32 Å². The zero-order valence-electron chi connectivity index (χ0n) is 10.8. The molecule has 3 rings (SSSR count). The highest BCUT2D eigenvalue weighted by Gasteiger charge is 2.15. The number of benzene rings is 2. The fraction of sp³-hybridized carbons (Fsp3) is 0.0625. The molecule has 4 heteroatoms. The van der Waals surface area contributed by atoms with Gasteiger partial charge in [-0.25, -0.2) is 4.39 Å². The summed E-state index contributed by atoms with van der Waals surface area (Å²) in [4.78, 5) is 13.0. The monoisotopic (exact) mass is 285 g/mol. The molecule has 100 valence electrons. The van der Waals surface area contributed by atoms with E-state index in [4.69, 9.17) is 0 Å². The lowest BCUT2D eigenvalue weighted by Crippen LogP contribution is -2.11. The molecule has 2 aromatic carbocycles. The van der Waals surface area contributed by atoms with Gasteiger partial charge in [-0.2, -0.15) is 0 Å². The van der Waals surface area contributed by atoms with E-state index >= 15 is 0 Å². The van der Waals surface area contributed by atoms with Crippen LogP contribution in [-0.4, -0.2) is 5.91 Å². The molecular weight excluding hydrogens is 273 g/mol. The van der Waals surface area contributed by atoms with Gasteiger partial charge in [-0.15, -0.1) is 11.3 Å². The van der Waals surface area contributed by atoms with Crippen molar-refractivity contribution >= 4 is 33.0 Å². The number of rotatable bonds is 2. The van der Waals surface area contributed by atoms with E-state index < -0.39 is 0 Å². The van der Waals surface area contributed by atoms with E-state index in [0.717, 1.165) is 15.6 Å². The van der Waals surface area contributed by atoms with Crippen LogP contribution in [-0.2, 0) is 0 Å². The molecule has 0 radical (unpaired) electrons. The predicted octanol–water partition coefficient (Wildman–Crippen LogP) is 4.60. The van der Waals surface area contributed by atoms with Gasteiger partial charge >= 0.3 is 0 Å². The molecule has 0 aliphatic carbocycles. The van der Waals surface area contributed by atoms with Gasteiger partial charge in [-0.1, -0.05) is 18.2 Å². The second-order valence-electron chi connectivity index (χ2n) is 4.51. The van der Waals surface area contributed by atoms with Crippen molar-refractivity contribution in [1.29, 1.82) is 0 Å². The van der Waals surface area contributed by atoms with Gasteiger partial charge in [0.2, 0.25) is 0 Å². The van der Waals surface area contributed by atoms with Crippen LogP contribution in [0.3, 0.4) is 0 Å². The molecule has 1 heterocycles. The minimum absolute atomic E-state index is 0.157. The van der Waals surface area contributed by atoms with Crippen LogP contribution in [0.5, 0.6) is 0 Å². The third-order valence-electron chi connectivity index (χ3n) is 3.15. The van der Waals surface area contributed by atoms with E-state index in [0.29, 0.717) is 10.6 Å². The third-order valence-corrected chi connectivity index (χ3v) is 4.42. The molecule has 0 atom stereocenters. The average molecular weight is 285 g/mol. The third kappa shape index (κ3) is 2.30. The number of aryl methyl sites for hydroxylation is 1. The van der Waals surface area contributed by atoms with Crippen LogP contribution >= 0.6 is 11.3 Å². The van der Waals surface area contributed by atoms with Gasteiger partial charge < -0.3 is 5.32 Å². The van der Waals surface area contributed by atoms with Gasteiger partial charge in [-0.3, -0.25) is 4.79 Å². The van der Waals surface area contributed by atoms with E-state index in [-0.39, 0.29) is 11.7 Å². The Kier molecular flexibility index (Phi) is 3.24. The number of anilines is 1. The maximum atomic E-state index is 12.8. The molecule has 0 unspecified atom stereocenters. The number of halogens is 1. The number of fused-ring (bicyclic) bond motifs is 1. The molecular formula is C16H12FNOS. The SMILES string of the molecule is Cc1c(C(=O)Nc2ccc(F)cc2)sc2ccccc12. The summed E-state index contributed by atoms with van der Waals surface area (Å²) in [5.74, 6) is -0.476. The topological polar surface area (TPSA) is 29.1 Å². The lowest BCUT2D eigenvalue weighted by atomic mass is 10.1. The Morgan fingerprint density at radius 1 is 1.10 bits per heavy atom. The van der Waals surface area contributed by atoms with E-state index in [1.54, 1.807) is 12.1 Å². The molecule has 0 aliphatic rings. The molecule has 1 aromatic heterocycles. The Hall–Kier alpha value is -2.20. The predicted molar refractivity (Wildman–Crippen MR) is 80.9 cm³/mol. The van der Waals surface area contributed by atoms with Crippen molar-refractivity contribution in [3.8, 4) is 0 Å². The molecule has 0 bridgehead atoms. The first-order chi connectivity index (χ1) is 9.65. The van der Waals surface area contributed by atoms with E-state index in [1.165, 1.54) is 23.5 Å². The van der Waals surface area contributed by atoms with Crippen molar-refractivity contribution in [2.24, 2.45) is 0 Å². The summed E-state index contributed by atoms with van der Waals surface area (Å²) >= 11 is 1.47. The molecule has 0 aliphatic heterocycles. The van der Waals surface area contributed by atoms with E-state index in [2.05, 4.69) is 5.32 Å². The minimum atomic E-state index is -0.318. The zero-order chi connectivity index (χ0) is 14.1. The fourth-order valence-corrected chi connectivity index (χ4v) is 3.22. The molecule has 0 spiro atoms. The van der Waals surface area contributed by atoms with Crippen LogP contribution in [0.25, 0.3) is 10.1 Å². The first-order valence-corrected chi connectivity index (χ1v) is 7.02. The lowest BCUT2D eigenvalue weighted by Gasteiger charge is -2.04. The summed E-state index contributed by atoms with van der Waals surface area (Å²) in [7, 11) is 0. The lowest BCUT2D eigenvalue weighted by molar-refractivity contribution is 0.103. The van der Waals surface area contributed by atoms with Crippen LogP contribution in [0.2, 0.25) is 0 Å². The highest BCUT2D eigenvalue weighted by atomic mass is 32.1. The van der Waals surface area contributed by atoms with Gasteiger partial charge in [0, 0.05) is 10.4 Å². The van der Waals surface area contributed by atoms with Crippen LogP contribution in [0.4, 0.5) is 10.1 Å². The minimum Gasteiger partial charge on any atom is -0.321 e. The number of amides is 1. The Balaban J connectivity index is 1.92. The maximum absolute atomic E-state index is 12.8. The van der Waals surface area contributed by atoms with E-state index in [1.807, 2.05) is 31.2 Å². The highest BCUT2D eigenvalue weighted by Crippen LogP contribution is 2.31. The van der Waals surface area contributed by atoms with Crippen molar-refractivity contribution in [3.63, 3.8) is 0 Å². The van der Waals surface area contributed by atoms with Crippen molar-refractivity contribution in [3.05, 3.63) is 64.8 Å². The maximum Gasteiger partial charge on any atom is 0.266 e. The van der Waals surface area contributed by atoms with Crippen molar-refractivity contribution < 1.29 is 9.18 Å². The number of nitrogens with one attached hydrogen (secondary N) is 1. The smallest absolute Gasteiger partial charge is 0.266 e. The summed E-state index contributed by atoms with van der Waals surface area (Å²) in [6, 6.07) is 13.7. The van der Waals surface area contributed by atoms with Crippen LogP contribution in [0.15, 0.2) is 48.5 Å². The Labute approximate surface area is 119 Å². The summed E-state index contributed by atoms with van der Waals surface area (Å²) < 4.78 is 13.9. The molecule has 0 saturated heterocycles. The molecule has 3 aromatic rings. The van der Waals surface area contributed by atoms with Crippen LogP contribution in [0.1, 0.15) is 15.2 Å². The standard InChI is InChI=1S/C16H12FNOS/c1-10-13-4-2-3-5-14(13)20-15(10)16(19)18-12-8-6-11(17)7-9-12/h2-9H,1H3,(H,18,19).